The highest BCUT2D eigenvalue weighted by molar-refractivity contribution is 5.86. The Morgan fingerprint density at radius 2 is 1.90 bits per heavy atom. The van der Waals surface area contributed by atoms with Gasteiger partial charge < -0.3 is 9.84 Å². The Balaban J connectivity index is 2.37. The van der Waals surface area contributed by atoms with E-state index in [1.54, 1.807) is 11.8 Å². The second-order valence-electron chi connectivity index (χ2n) is 5.85. The maximum atomic E-state index is 11.3. The second-order valence-corrected chi connectivity index (χ2v) is 5.85. The average Bonchev–Trinajstić information content (AvgIpc) is 2.83. The third-order valence-electron chi connectivity index (χ3n) is 3.14. The summed E-state index contributed by atoms with van der Waals surface area (Å²) in [4.78, 5) is 11.3. The van der Waals surface area contributed by atoms with Crippen LogP contribution >= 0.6 is 0 Å². The summed E-state index contributed by atoms with van der Waals surface area (Å²) in [5.41, 5.74) is 1.27. The molecule has 2 aromatic rings. The molecule has 0 unspecified atom stereocenters. The van der Waals surface area contributed by atoms with Crippen molar-refractivity contribution in [3.05, 3.63) is 41.2 Å². The number of methoxy groups -OCH3 is 1. The standard InChI is InChI=1S/C15H19N3O3/c1-15(2,3)13-12(14(19)20)16-17-18(13)9-10-5-7-11(21-4)8-6-10/h5-8H,9H2,1-4H3,(H,19,20). The zero-order valence-electron chi connectivity index (χ0n) is 12.6. The molecule has 1 N–H and O–H groups in total. The van der Waals surface area contributed by atoms with Crippen molar-refractivity contribution in [2.24, 2.45) is 0 Å². The van der Waals surface area contributed by atoms with Gasteiger partial charge in [-0.1, -0.05) is 38.1 Å². The van der Waals surface area contributed by atoms with Crippen LogP contribution in [0.15, 0.2) is 24.3 Å². The van der Waals surface area contributed by atoms with Crippen molar-refractivity contribution in [2.75, 3.05) is 7.11 Å². The van der Waals surface area contributed by atoms with Crippen molar-refractivity contribution >= 4 is 5.97 Å². The Kier molecular flexibility index (Phi) is 3.97. The minimum Gasteiger partial charge on any atom is -0.497 e. The van der Waals surface area contributed by atoms with Crippen LogP contribution in [-0.4, -0.2) is 33.2 Å². The van der Waals surface area contributed by atoms with Gasteiger partial charge in [-0.3, -0.25) is 0 Å². The highest BCUT2D eigenvalue weighted by atomic mass is 16.5. The number of carboxylic acids is 1. The van der Waals surface area contributed by atoms with Crippen molar-refractivity contribution in [1.82, 2.24) is 15.0 Å². The monoisotopic (exact) mass is 289 g/mol. The summed E-state index contributed by atoms with van der Waals surface area (Å²) in [6.45, 7) is 6.31. The molecule has 0 aliphatic carbocycles. The molecule has 1 aromatic heterocycles. The lowest BCUT2D eigenvalue weighted by molar-refractivity contribution is 0.0687. The molecule has 0 aliphatic rings. The van der Waals surface area contributed by atoms with Crippen molar-refractivity contribution in [3.8, 4) is 5.75 Å². The van der Waals surface area contributed by atoms with Gasteiger partial charge in [-0.2, -0.15) is 0 Å². The number of nitrogens with zero attached hydrogens (tertiary/aromatic N) is 3. The molecular formula is C15H19N3O3. The first kappa shape index (κ1) is 15.0. The fraction of sp³-hybridized carbons (Fsp3) is 0.400. The largest absolute Gasteiger partial charge is 0.497 e. The quantitative estimate of drug-likeness (QED) is 0.934. The molecule has 0 atom stereocenters. The Labute approximate surface area is 123 Å². The number of aromatic nitrogens is 3. The fourth-order valence-electron chi connectivity index (χ4n) is 2.21. The number of hydrogen-bond acceptors (Lipinski definition) is 4. The lowest BCUT2D eigenvalue weighted by Crippen LogP contribution is -2.22. The highest BCUT2D eigenvalue weighted by Crippen LogP contribution is 2.25. The lowest BCUT2D eigenvalue weighted by Gasteiger charge is -2.20. The Hall–Kier alpha value is -2.37. The Bertz CT molecular complexity index is 639. The Morgan fingerprint density at radius 3 is 2.38 bits per heavy atom. The molecule has 1 heterocycles. The van der Waals surface area contributed by atoms with E-state index in [1.807, 2.05) is 45.0 Å². The third-order valence-corrected chi connectivity index (χ3v) is 3.14. The van der Waals surface area contributed by atoms with Gasteiger partial charge in [0.2, 0.25) is 0 Å². The summed E-state index contributed by atoms with van der Waals surface area (Å²) in [5, 5.41) is 17.0. The molecule has 0 radical (unpaired) electrons. The summed E-state index contributed by atoms with van der Waals surface area (Å²) >= 11 is 0. The van der Waals surface area contributed by atoms with Crippen molar-refractivity contribution < 1.29 is 14.6 Å². The van der Waals surface area contributed by atoms with Gasteiger partial charge in [-0.05, 0) is 17.7 Å². The van der Waals surface area contributed by atoms with Gasteiger partial charge in [0.15, 0.2) is 5.69 Å². The third kappa shape index (κ3) is 3.21. The van der Waals surface area contributed by atoms with Crippen LogP contribution in [0.3, 0.4) is 0 Å². The normalized spacial score (nSPS) is 11.4. The van der Waals surface area contributed by atoms with Gasteiger partial charge >= 0.3 is 5.97 Å². The number of aromatic carboxylic acids is 1. The first-order valence-corrected chi connectivity index (χ1v) is 6.63. The predicted molar refractivity (Wildman–Crippen MR) is 77.8 cm³/mol. The van der Waals surface area contributed by atoms with Gasteiger partial charge in [0.05, 0.1) is 19.3 Å². The number of hydrogen-bond donors (Lipinski definition) is 1. The van der Waals surface area contributed by atoms with Gasteiger partial charge in [0, 0.05) is 5.41 Å². The zero-order chi connectivity index (χ0) is 15.6. The minimum absolute atomic E-state index is 0.0102. The fourth-order valence-corrected chi connectivity index (χ4v) is 2.21. The molecule has 0 aliphatic heterocycles. The van der Waals surface area contributed by atoms with Crippen molar-refractivity contribution in [1.29, 1.82) is 0 Å². The van der Waals surface area contributed by atoms with Crippen LogP contribution in [0.5, 0.6) is 5.75 Å². The lowest BCUT2D eigenvalue weighted by atomic mass is 9.90. The van der Waals surface area contributed by atoms with E-state index in [1.165, 1.54) is 0 Å². The summed E-state index contributed by atoms with van der Waals surface area (Å²) in [6, 6.07) is 7.57. The molecule has 6 heteroatoms. The molecule has 112 valence electrons. The highest BCUT2D eigenvalue weighted by Gasteiger charge is 2.28. The van der Waals surface area contributed by atoms with E-state index in [0.717, 1.165) is 11.3 Å². The first-order valence-electron chi connectivity index (χ1n) is 6.63. The van der Waals surface area contributed by atoms with Gasteiger partial charge in [-0.25, -0.2) is 9.48 Å². The van der Waals surface area contributed by atoms with Crippen LogP contribution in [0.25, 0.3) is 0 Å². The molecule has 0 amide bonds. The molecular weight excluding hydrogens is 270 g/mol. The Morgan fingerprint density at radius 1 is 1.29 bits per heavy atom. The molecule has 0 spiro atoms. The topological polar surface area (TPSA) is 77.2 Å². The number of carbonyl (C=O) groups is 1. The summed E-state index contributed by atoms with van der Waals surface area (Å²) < 4.78 is 6.76. The number of benzene rings is 1. The van der Waals surface area contributed by atoms with Crippen molar-refractivity contribution in [3.63, 3.8) is 0 Å². The van der Waals surface area contributed by atoms with Crippen LogP contribution in [-0.2, 0) is 12.0 Å². The summed E-state index contributed by atoms with van der Waals surface area (Å²) in [7, 11) is 1.61. The van der Waals surface area contributed by atoms with Crippen LogP contribution in [0, 0.1) is 0 Å². The number of carboxylic acid groups (broad SMARTS) is 1. The molecule has 6 nitrogen and oxygen atoms in total. The SMILES string of the molecule is COc1ccc(Cn2nnc(C(=O)O)c2C(C)(C)C)cc1. The van der Waals surface area contributed by atoms with E-state index in [-0.39, 0.29) is 11.1 Å². The second kappa shape index (κ2) is 5.55. The van der Waals surface area contributed by atoms with Crippen LogP contribution < -0.4 is 4.74 Å². The minimum atomic E-state index is -1.05. The van der Waals surface area contributed by atoms with Crippen LogP contribution in [0.2, 0.25) is 0 Å². The molecule has 0 fully saturated rings. The molecule has 0 bridgehead atoms. The molecule has 0 saturated carbocycles. The summed E-state index contributed by atoms with van der Waals surface area (Å²) in [6.07, 6.45) is 0. The first-order chi connectivity index (χ1) is 9.82. The van der Waals surface area contributed by atoms with E-state index in [2.05, 4.69) is 10.3 Å². The van der Waals surface area contributed by atoms with E-state index < -0.39 is 5.97 Å². The molecule has 0 saturated heterocycles. The molecule has 21 heavy (non-hydrogen) atoms. The van der Waals surface area contributed by atoms with E-state index in [9.17, 15) is 9.90 Å². The maximum absolute atomic E-state index is 11.3. The number of rotatable bonds is 4. The predicted octanol–water partition coefficient (Wildman–Crippen LogP) is 2.33. The van der Waals surface area contributed by atoms with Gasteiger partial charge in [0.25, 0.3) is 0 Å². The van der Waals surface area contributed by atoms with Gasteiger partial charge in [0.1, 0.15) is 5.75 Å². The smallest absolute Gasteiger partial charge is 0.358 e. The van der Waals surface area contributed by atoms with Gasteiger partial charge in [-0.15, -0.1) is 5.10 Å². The van der Waals surface area contributed by atoms with Crippen molar-refractivity contribution in [2.45, 2.75) is 32.7 Å². The molecule has 2 rings (SSSR count). The summed E-state index contributed by atoms with van der Waals surface area (Å²) in [5.74, 6) is -0.277. The zero-order valence-corrected chi connectivity index (χ0v) is 12.6. The number of ether oxygens (including phenoxy) is 1. The van der Waals surface area contributed by atoms with E-state index in [0.29, 0.717) is 12.2 Å². The maximum Gasteiger partial charge on any atom is 0.358 e. The van der Waals surface area contributed by atoms with E-state index >= 15 is 0 Å². The van der Waals surface area contributed by atoms with Crippen LogP contribution in [0.4, 0.5) is 0 Å². The molecule has 1 aromatic carbocycles. The van der Waals surface area contributed by atoms with Crippen LogP contribution in [0.1, 0.15) is 42.5 Å². The average molecular weight is 289 g/mol. The van der Waals surface area contributed by atoms with E-state index in [4.69, 9.17) is 4.74 Å².